The lowest BCUT2D eigenvalue weighted by Crippen LogP contribution is -2.39. The topological polar surface area (TPSA) is 97.1 Å². The van der Waals surface area contributed by atoms with Gasteiger partial charge in [-0.25, -0.2) is 4.98 Å². The first-order chi connectivity index (χ1) is 7.49. The number of aryl methyl sites for hydroxylation is 1. The summed E-state index contributed by atoms with van der Waals surface area (Å²) in [6.07, 6.45) is 0. The fourth-order valence-electron chi connectivity index (χ4n) is 0.813. The summed E-state index contributed by atoms with van der Waals surface area (Å²) in [5.74, 6) is -1.58. The van der Waals surface area contributed by atoms with E-state index >= 15 is 0 Å². The average molecular weight is 258 g/mol. The zero-order valence-electron chi connectivity index (χ0n) is 8.44. The van der Waals surface area contributed by atoms with Gasteiger partial charge in [0.25, 0.3) is 0 Å². The Bertz CT molecular complexity index is 429. The van der Waals surface area contributed by atoms with E-state index in [2.05, 4.69) is 27.8 Å². The van der Waals surface area contributed by atoms with Crippen molar-refractivity contribution in [2.45, 2.75) is 6.92 Å². The van der Waals surface area contributed by atoms with Gasteiger partial charge in [-0.2, -0.15) is 0 Å². The molecule has 0 fully saturated rings. The molecule has 0 aliphatic rings. The smallest absolute Gasteiger partial charge is 0.315 e. The van der Waals surface area contributed by atoms with Gasteiger partial charge < -0.3 is 11.1 Å². The van der Waals surface area contributed by atoms with Crippen LogP contribution in [0.3, 0.4) is 0 Å². The second-order valence-corrected chi connectivity index (χ2v) is 4.28. The number of carbonyl (C=O) groups is 2. The van der Waals surface area contributed by atoms with Crippen LogP contribution in [-0.4, -0.2) is 28.3 Å². The highest BCUT2D eigenvalue weighted by atomic mass is 32.1. The highest BCUT2D eigenvalue weighted by molar-refractivity contribution is 7.80. The largest absolute Gasteiger partial charge is 0.392 e. The fourth-order valence-corrected chi connectivity index (χ4v) is 1.57. The van der Waals surface area contributed by atoms with Crippen molar-refractivity contribution in [2.75, 3.05) is 11.9 Å². The Hall–Kier alpha value is -1.54. The third-order valence-corrected chi connectivity index (χ3v) is 2.49. The highest BCUT2D eigenvalue weighted by Gasteiger charge is 2.14. The molecule has 1 heterocycles. The molecule has 1 rings (SSSR count). The molecule has 0 radical (unpaired) electrons. The zero-order valence-corrected chi connectivity index (χ0v) is 10.1. The van der Waals surface area contributed by atoms with Crippen LogP contribution in [0.4, 0.5) is 5.13 Å². The van der Waals surface area contributed by atoms with Crippen LogP contribution in [0.1, 0.15) is 5.69 Å². The minimum atomic E-state index is -0.791. The van der Waals surface area contributed by atoms with Crippen molar-refractivity contribution in [1.29, 1.82) is 0 Å². The number of nitrogens with two attached hydrogens (primary N) is 1. The number of nitrogens with one attached hydrogen (secondary N) is 2. The lowest BCUT2D eigenvalue weighted by Gasteiger charge is -2.02. The van der Waals surface area contributed by atoms with Crippen molar-refractivity contribution in [3.05, 3.63) is 11.1 Å². The summed E-state index contributed by atoms with van der Waals surface area (Å²) in [6.45, 7) is 1.79. The normalized spacial score (nSPS) is 9.56. The number of anilines is 1. The number of carbonyl (C=O) groups excluding carboxylic acids is 2. The van der Waals surface area contributed by atoms with Crippen LogP contribution in [-0.2, 0) is 9.59 Å². The summed E-state index contributed by atoms with van der Waals surface area (Å²) in [7, 11) is 0. The van der Waals surface area contributed by atoms with Crippen molar-refractivity contribution in [3.63, 3.8) is 0 Å². The average Bonchev–Trinajstić information content (AvgIpc) is 2.60. The maximum absolute atomic E-state index is 11.3. The Morgan fingerprint density at radius 3 is 2.75 bits per heavy atom. The predicted molar refractivity (Wildman–Crippen MR) is 65.3 cm³/mol. The lowest BCUT2D eigenvalue weighted by atomic mass is 10.5. The first-order valence-corrected chi connectivity index (χ1v) is 5.57. The maximum Gasteiger partial charge on any atom is 0.315 e. The van der Waals surface area contributed by atoms with Crippen molar-refractivity contribution in [3.8, 4) is 0 Å². The van der Waals surface area contributed by atoms with Gasteiger partial charge in [0.2, 0.25) is 0 Å². The van der Waals surface area contributed by atoms with Gasteiger partial charge in [0.15, 0.2) is 5.13 Å². The summed E-state index contributed by atoms with van der Waals surface area (Å²) >= 11 is 5.80. The van der Waals surface area contributed by atoms with Gasteiger partial charge in [0.1, 0.15) is 0 Å². The predicted octanol–water partition coefficient (Wildman–Crippen LogP) is -0.208. The number of hydrogen-bond donors (Lipinski definition) is 3. The molecule has 0 saturated carbocycles. The van der Waals surface area contributed by atoms with Crippen LogP contribution in [0.5, 0.6) is 0 Å². The Kier molecular flexibility index (Phi) is 4.32. The van der Waals surface area contributed by atoms with Gasteiger partial charge in [-0.05, 0) is 6.92 Å². The van der Waals surface area contributed by atoms with Crippen LogP contribution in [0.2, 0.25) is 0 Å². The molecule has 86 valence electrons. The lowest BCUT2D eigenvalue weighted by molar-refractivity contribution is -0.135. The molecule has 6 nitrogen and oxygen atoms in total. The molecule has 0 spiro atoms. The molecule has 0 saturated heterocycles. The van der Waals surface area contributed by atoms with E-state index in [0.717, 1.165) is 5.69 Å². The number of rotatable bonds is 3. The molecule has 0 aromatic carbocycles. The van der Waals surface area contributed by atoms with Gasteiger partial charge in [-0.1, -0.05) is 12.2 Å². The van der Waals surface area contributed by atoms with E-state index in [1.807, 2.05) is 0 Å². The standard InChI is InChI=1S/C8H10N4O2S2/c1-4-3-16-8(11-4)12-7(14)6(13)10-2-5(9)15/h3H,2H2,1H3,(H2,9,15)(H,10,13)(H,11,12,14). The number of hydrogen-bond acceptors (Lipinski definition) is 5. The molecular formula is C8H10N4O2S2. The quantitative estimate of drug-likeness (QED) is 0.515. The van der Waals surface area contributed by atoms with E-state index in [9.17, 15) is 9.59 Å². The zero-order chi connectivity index (χ0) is 12.1. The summed E-state index contributed by atoms with van der Waals surface area (Å²) < 4.78 is 0. The minimum Gasteiger partial charge on any atom is -0.392 e. The van der Waals surface area contributed by atoms with E-state index in [0.29, 0.717) is 5.13 Å². The van der Waals surface area contributed by atoms with Crippen LogP contribution in [0.15, 0.2) is 5.38 Å². The first-order valence-electron chi connectivity index (χ1n) is 4.28. The van der Waals surface area contributed by atoms with Gasteiger partial charge in [-0.15, -0.1) is 11.3 Å². The number of thiazole rings is 1. The molecule has 8 heteroatoms. The van der Waals surface area contributed by atoms with E-state index in [4.69, 9.17) is 5.73 Å². The van der Waals surface area contributed by atoms with Gasteiger partial charge in [0.05, 0.1) is 17.2 Å². The Labute approximate surface area is 101 Å². The fraction of sp³-hybridized carbons (Fsp3) is 0.250. The summed E-state index contributed by atoms with van der Waals surface area (Å²) in [6, 6.07) is 0. The number of thiocarbonyl (C=S) groups is 1. The van der Waals surface area contributed by atoms with E-state index in [-0.39, 0.29) is 11.5 Å². The molecule has 16 heavy (non-hydrogen) atoms. The molecular weight excluding hydrogens is 248 g/mol. The molecule has 0 bridgehead atoms. The van der Waals surface area contributed by atoms with Crippen molar-refractivity contribution in [1.82, 2.24) is 10.3 Å². The van der Waals surface area contributed by atoms with Crippen LogP contribution in [0, 0.1) is 6.92 Å². The first kappa shape index (κ1) is 12.5. The molecule has 1 aromatic heterocycles. The molecule has 0 unspecified atom stereocenters. The van der Waals surface area contributed by atoms with Crippen molar-refractivity contribution in [2.24, 2.45) is 5.73 Å². The van der Waals surface area contributed by atoms with Crippen LogP contribution in [0.25, 0.3) is 0 Å². The molecule has 2 amide bonds. The Morgan fingerprint density at radius 1 is 1.56 bits per heavy atom. The van der Waals surface area contributed by atoms with E-state index in [1.165, 1.54) is 11.3 Å². The highest BCUT2D eigenvalue weighted by Crippen LogP contribution is 2.13. The third-order valence-electron chi connectivity index (χ3n) is 1.47. The summed E-state index contributed by atoms with van der Waals surface area (Å²) in [5, 5.41) is 6.78. The van der Waals surface area contributed by atoms with Crippen molar-refractivity contribution < 1.29 is 9.59 Å². The molecule has 1 aromatic rings. The number of aromatic nitrogens is 1. The minimum absolute atomic E-state index is 0.00150. The van der Waals surface area contributed by atoms with Gasteiger partial charge in [0, 0.05) is 5.38 Å². The van der Waals surface area contributed by atoms with Crippen LogP contribution >= 0.6 is 23.6 Å². The third kappa shape index (κ3) is 3.91. The number of amides is 2. The maximum atomic E-state index is 11.3. The van der Waals surface area contributed by atoms with Gasteiger partial charge in [-0.3, -0.25) is 14.9 Å². The Balaban J connectivity index is 2.46. The van der Waals surface area contributed by atoms with Crippen molar-refractivity contribution >= 4 is 45.5 Å². The molecule has 0 aliphatic heterocycles. The molecule has 0 atom stereocenters. The second-order valence-electron chi connectivity index (χ2n) is 2.90. The Morgan fingerprint density at radius 2 is 2.25 bits per heavy atom. The molecule has 4 N–H and O–H groups in total. The molecule has 0 aliphatic carbocycles. The summed E-state index contributed by atoms with van der Waals surface area (Å²) in [5.41, 5.74) is 5.95. The van der Waals surface area contributed by atoms with Gasteiger partial charge >= 0.3 is 11.8 Å². The monoisotopic (exact) mass is 258 g/mol. The van der Waals surface area contributed by atoms with Crippen LogP contribution < -0.4 is 16.4 Å². The second kappa shape index (κ2) is 5.52. The number of nitrogens with zero attached hydrogens (tertiary/aromatic N) is 1. The van der Waals surface area contributed by atoms with E-state index in [1.54, 1.807) is 12.3 Å². The summed E-state index contributed by atoms with van der Waals surface area (Å²) in [4.78, 5) is 26.6. The van der Waals surface area contributed by atoms with E-state index < -0.39 is 11.8 Å². The SMILES string of the molecule is Cc1csc(NC(=O)C(=O)NCC(N)=S)n1.